The lowest BCUT2D eigenvalue weighted by molar-refractivity contribution is -0.458. The molecule has 0 saturated carbocycles. The highest BCUT2D eigenvalue weighted by Crippen LogP contribution is 2.47. The molecule has 0 heterocycles. The molecule has 0 fully saturated rings. The summed E-state index contributed by atoms with van der Waals surface area (Å²) >= 11 is 4.03. The number of hydrogen-bond acceptors (Lipinski definition) is 12. The third-order valence-electron chi connectivity index (χ3n) is 9.04. The van der Waals surface area contributed by atoms with Gasteiger partial charge in [0.25, 0.3) is 20.7 Å². The summed E-state index contributed by atoms with van der Waals surface area (Å²) in [6.07, 6.45) is 27.4. The van der Waals surface area contributed by atoms with Crippen molar-refractivity contribution in [2.45, 2.75) is 153 Å². The van der Waals surface area contributed by atoms with Crippen LogP contribution in [-0.2, 0) is 28.4 Å². The molecule has 0 aliphatic carbocycles. The summed E-state index contributed by atoms with van der Waals surface area (Å²) in [5.41, 5.74) is 0. The molecule has 0 aromatic rings. The van der Waals surface area contributed by atoms with Gasteiger partial charge in [-0.2, -0.15) is 0 Å². The van der Waals surface area contributed by atoms with Crippen molar-refractivity contribution in [2.24, 2.45) is 0 Å². The quantitative estimate of drug-likeness (QED) is 0.0152. The first-order valence-electron chi connectivity index (χ1n) is 19.5. The van der Waals surface area contributed by atoms with E-state index in [0.717, 1.165) is 25.7 Å². The van der Waals surface area contributed by atoms with Crippen LogP contribution in [0.1, 0.15) is 141 Å². The Morgan fingerprint density at radius 1 is 0.365 bits per heavy atom. The number of ether oxygens (including phenoxy) is 6. The summed E-state index contributed by atoms with van der Waals surface area (Å²) in [4.78, 5) is 0. The second kappa shape index (κ2) is 36.5. The maximum absolute atomic E-state index is 5.38. The monoisotopic (exact) mass is 850 g/mol. The fourth-order valence-corrected chi connectivity index (χ4v) is 15.4. The van der Waals surface area contributed by atoms with E-state index in [1.807, 2.05) is 64.8 Å². The van der Waals surface area contributed by atoms with Crippen LogP contribution in [0, 0.1) is 0 Å². The summed E-state index contributed by atoms with van der Waals surface area (Å²) in [6.45, 7) is 0. The van der Waals surface area contributed by atoms with Crippen LogP contribution in [0.25, 0.3) is 0 Å². The van der Waals surface area contributed by atoms with E-state index in [0.29, 0.717) is 0 Å². The standard InChI is InChI=1S/C38H78N2O6S6/c1-39(2)35(47-33-29-25-21-17-13-11-15-19-23-27-31-37(41-5,42-6)43-7)49-51-52-50-36(40(3)4)48-34-30-26-22-18-14-12-16-20-24-28-32-38(44-8,45-9)46-10/h11-34H2,1-10H3/q+2. The van der Waals surface area contributed by atoms with Crippen molar-refractivity contribution in [3.63, 3.8) is 0 Å². The maximum Gasteiger partial charge on any atom is 0.282 e. The van der Waals surface area contributed by atoms with Gasteiger partial charge in [-0.3, -0.25) is 0 Å². The van der Waals surface area contributed by atoms with Gasteiger partial charge in [0.1, 0.15) is 28.2 Å². The number of thioether (sulfide) groups is 2. The van der Waals surface area contributed by atoms with E-state index in [1.54, 1.807) is 42.7 Å². The normalized spacial score (nSPS) is 12.1. The van der Waals surface area contributed by atoms with Crippen molar-refractivity contribution in [2.75, 3.05) is 82.4 Å². The van der Waals surface area contributed by atoms with E-state index in [-0.39, 0.29) is 0 Å². The molecule has 0 aliphatic rings. The lowest BCUT2D eigenvalue weighted by Crippen LogP contribution is -2.35. The number of nitrogens with zero attached hydrogens (tertiary/aromatic N) is 2. The van der Waals surface area contributed by atoms with Crippen LogP contribution in [0.3, 0.4) is 0 Å². The fraction of sp³-hybridized carbons (Fsp3) is 0.947. The summed E-state index contributed by atoms with van der Waals surface area (Å²) in [6, 6.07) is 0. The molecule has 0 radical (unpaired) electrons. The Labute approximate surface area is 344 Å². The Morgan fingerprint density at radius 2 is 0.596 bits per heavy atom. The summed E-state index contributed by atoms with van der Waals surface area (Å²) < 4.78 is 39.6. The zero-order valence-electron chi connectivity index (χ0n) is 34.8. The van der Waals surface area contributed by atoms with Crippen molar-refractivity contribution in [1.82, 2.24) is 0 Å². The average molecular weight is 851 g/mol. The molecule has 0 rings (SSSR count). The molecule has 0 aliphatic heterocycles. The highest BCUT2D eigenvalue weighted by Gasteiger charge is 2.29. The average Bonchev–Trinajstić information content (AvgIpc) is 3.15. The van der Waals surface area contributed by atoms with Gasteiger partial charge in [0.2, 0.25) is 0 Å². The third-order valence-corrected chi connectivity index (χ3v) is 19.0. The number of hydrogen-bond donors (Lipinski definition) is 0. The van der Waals surface area contributed by atoms with Gasteiger partial charge in [0.05, 0.1) is 0 Å². The van der Waals surface area contributed by atoms with Gasteiger partial charge in [-0.05, 0) is 68.9 Å². The molecule has 0 bridgehead atoms. The molecular formula is C38H78N2O6S6+2. The van der Waals surface area contributed by atoms with Gasteiger partial charge in [0.15, 0.2) is 0 Å². The van der Waals surface area contributed by atoms with Crippen LogP contribution in [-0.4, -0.2) is 112 Å². The Balaban J connectivity index is 3.84. The minimum atomic E-state index is -0.869. The Morgan fingerprint density at radius 3 is 0.827 bits per heavy atom. The van der Waals surface area contributed by atoms with Crippen LogP contribution in [0.5, 0.6) is 0 Å². The first kappa shape index (κ1) is 53.2. The number of methoxy groups -OCH3 is 6. The molecule has 0 aromatic heterocycles. The van der Waals surface area contributed by atoms with Crippen molar-refractivity contribution >= 4 is 73.5 Å². The third kappa shape index (κ3) is 27.7. The second-order valence-corrected chi connectivity index (χ2v) is 21.8. The largest absolute Gasteiger partial charge is 0.331 e. The van der Waals surface area contributed by atoms with E-state index in [9.17, 15) is 0 Å². The predicted molar refractivity (Wildman–Crippen MR) is 239 cm³/mol. The highest BCUT2D eigenvalue weighted by atomic mass is 33.7. The van der Waals surface area contributed by atoms with Crippen molar-refractivity contribution in [1.29, 1.82) is 0 Å². The minimum Gasteiger partial charge on any atom is -0.331 e. The smallest absolute Gasteiger partial charge is 0.282 e. The van der Waals surface area contributed by atoms with Crippen LogP contribution >= 0.6 is 64.8 Å². The topological polar surface area (TPSA) is 61.4 Å². The van der Waals surface area contributed by atoms with E-state index >= 15 is 0 Å². The van der Waals surface area contributed by atoms with Crippen LogP contribution in [0.4, 0.5) is 0 Å². The Bertz CT molecular complexity index is 800. The summed E-state index contributed by atoms with van der Waals surface area (Å²) in [5.74, 6) is 0.670. The minimum absolute atomic E-state index is 0.777. The lowest BCUT2D eigenvalue weighted by atomic mass is 10.1. The van der Waals surface area contributed by atoms with Crippen molar-refractivity contribution in [3.05, 3.63) is 0 Å². The molecule has 310 valence electrons. The molecule has 52 heavy (non-hydrogen) atoms. The molecule has 0 aromatic carbocycles. The maximum atomic E-state index is 5.38. The first-order chi connectivity index (χ1) is 25.2. The first-order valence-corrected chi connectivity index (χ1v) is 26.3. The lowest BCUT2D eigenvalue weighted by Gasteiger charge is -2.28. The van der Waals surface area contributed by atoms with Crippen LogP contribution < -0.4 is 0 Å². The van der Waals surface area contributed by atoms with Gasteiger partial charge in [-0.1, -0.05) is 103 Å². The molecule has 0 amide bonds. The number of rotatable bonds is 35. The van der Waals surface area contributed by atoms with Crippen LogP contribution in [0.15, 0.2) is 0 Å². The zero-order valence-corrected chi connectivity index (χ0v) is 39.7. The Kier molecular flexibility index (Phi) is 37.4. The van der Waals surface area contributed by atoms with E-state index in [2.05, 4.69) is 37.3 Å². The molecule has 14 heteroatoms. The summed E-state index contributed by atoms with van der Waals surface area (Å²) in [7, 11) is 26.1. The number of unbranched alkanes of at least 4 members (excludes halogenated alkanes) is 18. The van der Waals surface area contributed by atoms with E-state index in [1.165, 1.54) is 136 Å². The molecule has 0 unspecified atom stereocenters. The van der Waals surface area contributed by atoms with Crippen molar-refractivity contribution < 1.29 is 37.6 Å². The summed E-state index contributed by atoms with van der Waals surface area (Å²) in [5, 5.41) is 0. The van der Waals surface area contributed by atoms with Gasteiger partial charge in [0, 0.05) is 88.6 Å². The zero-order chi connectivity index (χ0) is 38.8. The molecule has 0 spiro atoms. The predicted octanol–water partition coefficient (Wildman–Crippen LogP) is 12.2. The second-order valence-electron chi connectivity index (χ2n) is 13.5. The SMILES string of the molecule is COC(CCCCCCCCCCCCSC(SSSSC(SCCCCCCCCCCCCC(OC)(OC)OC)=[N+](C)C)=[N+](C)C)(OC)OC. The van der Waals surface area contributed by atoms with E-state index in [4.69, 9.17) is 28.4 Å². The highest BCUT2D eigenvalue weighted by molar-refractivity contribution is 9.30. The molecule has 0 N–H and O–H groups in total. The van der Waals surface area contributed by atoms with Crippen LogP contribution in [0.2, 0.25) is 0 Å². The van der Waals surface area contributed by atoms with Gasteiger partial charge < -0.3 is 28.4 Å². The van der Waals surface area contributed by atoms with Crippen molar-refractivity contribution in [3.8, 4) is 0 Å². The van der Waals surface area contributed by atoms with Gasteiger partial charge in [-0.15, -0.1) is 0 Å². The van der Waals surface area contributed by atoms with Gasteiger partial charge >= 0.3 is 0 Å². The molecule has 8 nitrogen and oxygen atoms in total. The van der Waals surface area contributed by atoms with E-state index < -0.39 is 11.9 Å². The fourth-order valence-electron chi connectivity index (χ4n) is 5.69. The molecule has 0 atom stereocenters. The Hall–Kier alpha value is 1.20. The molecule has 0 saturated heterocycles. The molecular weight excluding hydrogens is 773 g/mol. The van der Waals surface area contributed by atoms with Gasteiger partial charge in [-0.25, -0.2) is 9.15 Å².